The minimum atomic E-state index is -2.50. The van der Waals surface area contributed by atoms with Gasteiger partial charge < -0.3 is 43.5 Å². The maximum absolute atomic E-state index is 14.5. The second kappa shape index (κ2) is 24.6. The summed E-state index contributed by atoms with van der Waals surface area (Å²) in [6, 6.07) is 9.22. The van der Waals surface area contributed by atoms with E-state index in [9.17, 15) is 29.4 Å². The van der Waals surface area contributed by atoms with Crippen LogP contribution in [0.4, 0.5) is 0 Å². The average Bonchev–Trinajstić information content (AvgIpc) is 3.30. The van der Waals surface area contributed by atoms with Gasteiger partial charge in [-0.2, -0.15) is 0 Å². The zero-order valence-corrected chi connectivity index (χ0v) is 40.6. The molecule has 1 aliphatic carbocycles. The number of cyclic esters (lactones) is 1. The summed E-state index contributed by atoms with van der Waals surface area (Å²) >= 11 is 0. The Morgan fingerprint density at radius 3 is 2.26 bits per heavy atom. The van der Waals surface area contributed by atoms with Crippen LogP contribution >= 0.6 is 0 Å². The molecule has 0 spiro atoms. The SMILES string of the molecule is CC[C@@H]1/C=C(\C)C[C@H](C)CC(OC)[C@H]2O[C@@](O)(C(=O)C(=O)N3CCCC[C@H]3C(=O)O[C@H](/C(C)=C/[C@@H]3CC[C@@H](OCCCc4ccccc4)[C@H](OC)C3)[C@H](C)[C@@H](O)CC1=O)[C@H](C)C[C@@H]2OC. The Kier molecular flexibility index (Phi) is 20.0. The lowest BCUT2D eigenvalue weighted by Crippen LogP contribution is -2.64. The Morgan fingerprint density at radius 2 is 1.58 bits per heavy atom. The lowest BCUT2D eigenvalue weighted by molar-refractivity contribution is -0.302. The van der Waals surface area contributed by atoms with Crippen molar-refractivity contribution in [3.05, 3.63) is 59.2 Å². The first kappa shape index (κ1) is 52.7. The number of nitrogens with zero attached hydrogens (tertiary/aromatic N) is 1. The Morgan fingerprint density at radius 1 is 0.892 bits per heavy atom. The Labute approximate surface area is 387 Å². The first-order chi connectivity index (χ1) is 31.0. The third-order valence-electron chi connectivity index (χ3n) is 14.7. The third-order valence-corrected chi connectivity index (χ3v) is 14.7. The number of fused-ring (bicyclic) bond motifs is 3. The quantitative estimate of drug-likeness (QED) is 0.100. The number of methoxy groups -OCH3 is 3. The predicted molar refractivity (Wildman–Crippen MR) is 247 cm³/mol. The van der Waals surface area contributed by atoms with Crippen molar-refractivity contribution in [2.45, 2.75) is 180 Å². The van der Waals surface area contributed by atoms with Crippen molar-refractivity contribution in [1.29, 1.82) is 0 Å². The van der Waals surface area contributed by atoms with Crippen LogP contribution in [0.25, 0.3) is 0 Å². The molecule has 1 saturated carbocycles. The fourth-order valence-corrected chi connectivity index (χ4v) is 10.7. The fraction of sp³-hybridized carbons (Fsp3) is 0.731. The molecule has 1 aromatic rings. The normalized spacial score (nSPS) is 37.4. The number of hydrogen-bond donors (Lipinski definition) is 2. The van der Waals surface area contributed by atoms with E-state index in [1.807, 2.05) is 45.0 Å². The number of Topliss-reactive ketones (excluding diaryl/α,β-unsaturated/α-hetero) is 2. The van der Waals surface area contributed by atoms with Crippen LogP contribution in [0.2, 0.25) is 0 Å². The fourth-order valence-electron chi connectivity index (χ4n) is 10.7. The summed E-state index contributed by atoms with van der Waals surface area (Å²) in [6.45, 7) is 12.0. The van der Waals surface area contributed by atoms with Crippen LogP contribution in [-0.2, 0) is 54.0 Å². The molecule has 1 unspecified atom stereocenters. The average molecular weight is 910 g/mol. The molecule has 65 heavy (non-hydrogen) atoms. The number of aliphatic hydroxyl groups is 2. The summed E-state index contributed by atoms with van der Waals surface area (Å²) in [7, 11) is 4.78. The highest BCUT2D eigenvalue weighted by atomic mass is 16.7. The van der Waals surface area contributed by atoms with Crippen molar-refractivity contribution in [3.8, 4) is 0 Å². The molecular weight excluding hydrogens is 831 g/mol. The highest BCUT2D eigenvalue weighted by molar-refractivity contribution is 6.39. The topological polar surface area (TPSA) is 167 Å². The maximum Gasteiger partial charge on any atom is 0.329 e. The van der Waals surface area contributed by atoms with E-state index in [0.717, 1.165) is 31.3 Å². The van der Waals surface area contributed by atoms with Gasteiger partial charge in [-0.1, -0.05) is 75.8 Å². The molecule has 2 saturated heterocycles. The smallest absolute Gasteiger partial charge is 0.329 e. The number of allylic oxidation sites excluding steroid dienone is 3. The van der Waals surface area contributed by atoms with Crippen LogP contribution in [0, 0.1) is 29.6 Å². The number of hydrogen-bond acceptors (Lipinski definition) is 12. The van der Waals surface area contributed by atoms with Crippen LogP contribution in [-0.4, -0.2) is 128 Å². The number of rotatable bonds is 11. The molecule has 3 fully saturated rings. The Balaban J connectivity index is 1.43. The number of ketones is 2. The minimum absolute atomic E-state index is 0.0360. The van der Waals surface area contributed by atoms with E-state index in [1.165, 1.54) is 10.5 Å². The van der Waals surface area contributed by atoms with Crippen LogP contribution in [0.15, 0.2) is 53.6 Å². The molecule has 2 bridgehead atoms. The van der Waals surface area contributed by atoms with E-state index in [1.54, 1.807) is 35.2 Å². The number of aliphatic hydroxyl groups excluding tert-OH is 1. The van der Waals surface area contributed by atoms with Gasteiger partial charge in [-0.3, -0.25) is 14.4 Å². The molecular formula is C52H79NO12. The van der Waals surface area contributed by atoms with Gasteiger partial charge in [0.15, 0.2) is 0 Å². The van der Waals surface area contributed by atoms with Crippen LogP contribution in [0.1, 0.15) is 124 Å². The number of amides is 1. The zero-order chi connectivity index (χ0) is 47.4. The Bertz CT molecular complexity index is 1780. The van der Waals surface area contributed by atoms with Gasteiger partial charge in [-0.25, -0.2) is 4.79 Å². The summed E-state index contributed by atoms with van der Waals surface area (Å²) < 4.78 is 36.8. The van der Waals surface area contributed by atoms with Crippen LogP contribution < -0.4 is 0 Å². The molecule has 13 heteroatoms. The molecule has 0 aromatic heterocycles. The van der Waals surface area contributed by atoms with Gasteiger partial charge >= 0.3 is 5.97 Å². The van der Waals surface area contributed by atoms with Gasteiger partial charge in [0.2, 0.25) is 5.79 Å². The van der Waals surface area contributed by atoms with E-state index in [0.29, 0.717) is 50.7 Å². The Hall–Kier alpha value is -3.30. The van der Waals surface area contributed by atoms with Crippen molar-refractivity contribution in [3.63, 3.8) is 0 Å². The third kappa shape index (κ3) is 13.5. The number of aryl methyl sites for hydroxylation is 1. The number of piperidine rings is 1. The second-order valence-electron chi connectivity index (χ2n) is 19.6. The summed E-state index contributed by atoms with van der Waals surface area (Å²) in [4.78, 5) is 58.4. The van der Waals surface area contributed by atoms with Crippen molar-refractivity contribution in [1.82, 2.24) is 4.90 Å². The van der Waals surface area contributed by atoms with E-state index in [4.69, 9.17) is 28.4 Å². The largest absolute Gasteiger partial charge is 0.456 e. The molecule has 1 amide bonds. The summed E-state index contributed by atoms with van der Waals surface area (Å²) in [5, 5.41) is 24.0. The summed E-state index contributed by atoms with van der Waals surface area (Å²) in [5.41, 5.74) is 2.99. The number of ether oxygens (including phenoxy) is 6. The number of esters is 1. The number of carbonyl (C=O) groups excluding carboxylic acids is 4. The van der Waals surface area contributed by atoms with E-state index in [2.05, 4.69) is 25.1 Å². The van der Waals surface area contributed by atoms with Crippen molar-refractivity contribution < 1.29 is 57.8 Å². The second-order valence-corrected chi connectivity index (χ2v) is 19.6. The lowest BCUT2D eigenvalue weighted by Gasteiger charge is -2.47. The van der Waals surface area contributed by atoms with Crippen molar-refractivity contribution in [2.75, 3.05) is 34.5 Å². The van der Waals surface area contributed by atoms with E-state index < -0.39 is 77.8 Å². The maximum atomic E-state index is 14.5. The monoisotopic (exact) mass is 910 g/mol. The van der Waals surface area contributed by atoms with Gasteiger partial charge in [0.25, 0.3) is 11.7 Å². The van der Waals surface area contributed by atoms with Gasteiger partial charge in [0.1, 0.15) is 24.0 Å². The molecule has 4 aliphatic rings. The van der Waals surface area contributed by atoms with E-state index in [-0.39, 0.29) is 55.6 Å². The summed E-state index contributed by atoms with van der Waals surface area (Å²) in [5.74, 6) is -7.37. The van der Waals surface area contributed by atoms with Crippen LogP contribution in [0.3, 0.4) is 0 Å². The van der Waals surface area contributed by atoms with Crippen molar-refractivity contribution in [2.24, 2.45) is 29.6 Å². The van der Waals surface area contributed by atoms with Crippen molar-refractivity contribution >= 4 is 23.4 Å². The highest BCUT2D eigenvalue weighted by Crippen LogP contribution is 2.39. The first-order valence-corrected chi connectivity index (χ1v) is 24.3. The molecule has 364 valence electrons. The lowest BCUT2D eigenvalue weighted by atomic mass is 9.81. The molecule has 14 atom stereocenters. The summed E-state index contributed by atoms with van der Waals surface area (Å²) in [6.07, 6.45) is 6.97. The molecule has 3 aliphatic heterocycles. The molecule has 1 aromatic carbocycles. The van der Waals surface area contributed by atoms with E-state index >= 15 is 0 Å². The molecule has 13 nitrogen and oxygen atoms in total. The standard InChI is InChI=1S/C52H79NO12/c1-10-39-26-32(2)25-33(3)27-45(61-8)48-46(62-9)29-35(5)52(59,65-48)49(56)50(57)53-23-15-14-20-40(53)51(58)64-47(36(6)41(54)31-42(39)55)34(4)28-38-21-22-43(44(30-38)60-7)63-24-16-19-37-17-12-11-13-18-37/h11-13,17-18,26,28,33,35-36,38-41,43-48,54,59H,10,14-16,19-25,27,29-31H2,1-9H3/b32-26+,34-28+/t33-,35+,36+,38-,39+,40-,41-,43+,44+,45?,46-,47+,48+,52+/m0/s1. The molecule has 0 radical (unpaired) electrons. The minimum Gasteiger partial charge on any atom is -0.456 e. The zero-order valence-electron chi connectivity index (χ0n) is 40.6. The van der Waals surface area contributed by atoms with Gasteiger partial charge in [0.05, 0.1) is 30.5 Å². The predicted octanol–water partition coefficient (Wildman–Crippen LogP) is 7.13. The highest BCUT2D eigenvalue weighted by Gasteiger charge is 2.56. The van der Waals surface area contributed by atoms with Crippen LogP contribution in [0.5, 0.6) is 0 Å². The molecule has 3 heterocycles. The van der Waals surface area contributed by atoms with Gasteiger partial charge in [0, 0.05) is 58.7 Å². The first-order valence-electron chi connectivity index (χ1n) is 24.3. The number of carbonyl (C=O) groups is 4. The van der Waals surface area contributed by atoms with Gasteiger partial charge in [-0.15, -0.1) is 0 Å². The molecule has 2 N–H and O–H groups in total. The number of benzene rings is 1. The molecule has 5 rings (SSSR count). The van der Waals surface area contributed by atoms with Gasteiger partial charge in [-0.05, 0) is 114 Å².